The molecule has 3 aromatic rings. The third kappa shape index (κ3) is 5.34. The summed E-state index contributed by atoms with van der Waals surface area (Å²) >= 11 is 0. The fourth-order valence-corrected chi connectivity index (χ4v) is 5.97. The van der Waals surface area contributed by atoms with Crippen molar-refractivity contribution in [2.45, 2.75) is 25.7 Å². The molecule has 2 aliphatic rings. The summed E-state index contributed by atoms with van der Waals surface area (Å²) in [5.74, 6) is 0.777. The van der Waals surface area contributed by atoms with Crippen molar-refractivity contribution in [1.82, 2.24) is 14.8 Å². The number of hydrogen-bond acceptors (Lipinski definition) is 6. The molecule has 1 aromatic carbocycles. The second kappa shape index (κ2) is 10.3. The molecule has 2 aromatic heterocycles. The largest absolute Gasteiger partial charge is 0.473 e. The third-order valence-corrected chi connectivity index (χ3v) is 8.24. The van der Waals surface area contributed by atoms with Crippen molar-refractivity contribution >= 4 is 10.9 Å². The van der Waals surface area contributed by atoms with Crippen LogP contribution in [-0.2, 0) is 17.9 Å². The summed E-state index contributed by atoms with van der Waals surface area (Å²) in [5, 5.41) is 15.5. The Labute approximate surface area is 204 Å². The molecule has 2 atom stereocenters. The van der Waals surface area contributed by atoms with E-state index in [9.17, 15) is 9.18 Å². The van der Waals surface area contributed by atoms with Crippen LogP contribution in [-0.4, -0.2) is 33.2 Å². The fourth-order valence-electron chi connectivity index (χ4n) is 3.81. The molecule has 7 nitrogen and oxygen atoms in total. The van der Waals surface area contributed by atoms with E-state index in [4.69, 9.17) is 14.7 Å². The zero-order valence-electron chi connectivity index (χ0n) is 18.8. The van der Waals surface area contributed by atoms with Gasteiger partial charge >= 0.3 is 0 Å². The molecule has 4 heterocycles. The first-order chi connectivity index (χ1) is 17.1. The van der Waals surface area contributed by atoms with Gasteiger partial charge < -0.3 is 9.47 Å². The minimum Gasteiger partial charge on any atom is -0.473 e. The Kier molecular flexibility index (Phi) is 6.75. The zero-order chi connectivity index (χ0) is 24.2. The van der Waals surface area contributed by atoms with Crippen molar-refractivity contribution < 1.29 is 13.9 Å². The number of halogens is 1. The molecule has 0 N–H and O–H groups in total. The number of thiol groups is 1. The van der Waals surface area contributed by atoms with Gasteiger partial charge in [0.1, 0.15) is 12.4 Å². The van der Waals surface area contributed by atoms with Gasteiger partial charge in [-0.1, -0.05) is 24.3 Å². The lowest BCUT2D eigenvalue weighted by Crippen LogP contribution is -2.30. The number of nitrogens with zero attached hydrogens (tertiary/aromatic N) is 4. The van der Waals surface area contributed by atoms with Crippen LogP contribution in [0.4, 0.5) is 4.39 Å². The quantitative estimate of drug-likeness (QED) is 0.479. The van der Waals surface area contributed by atoms with Gasteiger partial charge in [-0.2, -0.15) is 10.4 Å². The van der Waals surface area contributed by atoms with E-state index >= 15 is 0 Å². The van der Waals surface area contributed by atoms with Crippen LogP contribution in [0, 0.1) is 17.1 Å². The first-order valence-corrected chi connectivity index (χ1v) is 12.8. The predicted molar refractivity (Wildman–Crippen MR) is 133 cm³/mol. The lowest BCUT2D eigenvalue weighted by molar-refractivity contribution is -0.0344. The van der Waals surface area contributed by atoms with Crippen LogP contribution in [0.3, 0.4) is 0 Å². The fraction of sp³-hybridized carbons (Fsp3) is 0.231. The minimum atomic E-state index is -0.510. The normalized spacial score (nSPS) is 19.6. The molecule has 2 aliphatic heterocycles. The number of hydrogen-bond donors (Lipinski definition) is 1. The molecule has 0 saturated carbocycles. The van der Waals surface area contributed by atoms with E-state index < -0.39 is 16.7 Å². The van der Waals surface area contributed by atoms with Crippen LogP contribution >= 0.6 is 10.9 Å². The molecule has 0 spiro atoms. The standard InChI is InChI=1S/C26H23FN4O3S/c27-23-11-18(13-28)6-7-19(23)16-34-25-5-1-4-24(30-25)20-12-26(32)31(29-14-20)15-22-3-2-10-35(22)17-21-8-9-33-21/h1-7,10-12,14,21,35H,8-9,15-17H2/t21-/m0/s1. The maximum Gasteiger partial charge on any atom is 0.267 e. The second-order valence-corrected chi connectivity index (χ2v) is 10.4. The van der Waals surface area contributed by atoms with Crippen LogP contribution in [0.2, 0.25) is 0 Å². The molecule has 1 unspecified atom stereocenters. The van der Waals surface area contributed by atoms with E-state index in [0.29, 0.717) is 35.3 Å². The Balaban J connectivity index is 1.26. The number of pyridine rings is 1. The van der Waals surface area contributed by atoms with Gasteiger partial charge in [0.15, 0.2) is 0 Å². The van der Waals surface area contributed by atoms with Gasteiger partial charge in [0.2, 0.25) is 5.88 Å². The summed E-state index contributed by atoms with van der Waals surface area (Å²) in [6.45, 7) is 1.26. The maximum atomic E-state index is 14.1. The van der Waals surface area contributed by atoms with Crippen LogP contribution in [0.15, 0.2) is 75.9 Å². The zero-order valence-corrected chi connectivity index (χ0v) is 19.7. The van der Waals surface area contributed by atoms with E-state index in [1.165, 1.54) is 33.9 Å². The topological polar surface area (TPSA) is 90.0 Å². The SMILES string of the molecule is N#Cc1ccc(COc2cccc(-c3cnn(CC4=CC=C[SH]4C[C@@H]4CCO4)c(=O)c3)n2)c(F)c1. The van der Waals surface area contributed by atoms with Crippen LogP contribution in [0.25, 0.3) is 11.3 Å². The molecular weight excluding hydrogens is 467 g/mol. The van der Waals surface area contributed by atoms with E-state index in [0.717, 1.165) is 18.8 Å². The van der Waals surface area contributed by atoms with E-state index in [-0.39, 0.29) is 17.7 Å². The van der Waals surface area contributed by atoms with Crippen molar-refractivity contribution in [3.05, 3.63) is 98.4 Å². The molecule has 0 amide bonds. The van der Waals surface area contributed by atoms with Crippen molar-refractivity contribution in [2.24, 2.45) is 0 Å². The maximum absolute atomic E-state index is 14.1. The van der Waals surface area contributed by atoms with E-state index in [2.05, 4.69) is 27.6 Å². The Bertz CT molecular complexity index is 1410. The molecule has 35 heavy (non-hydrogen) atoms. The van der Waals surface area contributed by atoms with Crippen molar-refractivity contribution in [3.8, 4) is 23.2 Å². The molecule has 0 aliphatic carbocycles. The van der Waals surface area contributed by atoms with E-state index in [1.807, 2.05) is 6.07 Å². The number of nitriles is 1. The highest BCUT2D eigenvalue weighted by Gasteiger charge is 2.23. The van der Waals surface area contributed by atoms with Gasteiger partial charge in [0.05, 0.1) is 36.2 Å². The monoisotopic (exact) mass is 490 g/mol. The highest BCUT2D eigenvalue weighted by Crippen LogP contribution is 2.43. The Morgan fingerprint density at radius 2 is 2.17 bits per heavy atom. The third-order valence-electron chi connectivity index (χ3n) is 5.88. The molecule has 0 bridgehead atoms. The van der Waals surface area contributed by atoms with Crippen LogP contribution < -0.4 is 10.3 Å². The van der Waals surface area contributed by atoms with Gasteiger partial charge in [-0.15, -0.1) is 0 Å². The summed E-state index contributed by atoms with van der Waals surface area (Å²) in [6.07, 6.45) is 7.18. The van der Waals surface area contributed by atoms with Gasteiger partial charge in [-0.25, -0.2) is 25.0 Å². The summed E-state index contributed by atoms with van der Waals surface area (Å²) in [6, 6.07) is 12.8. The summed E-state index contributed by atoms with van der Waals surface area (Å²) < 4.78 is 26.8. The molecule has 5 rings (SSSR count). The first-order valence-electron chi connectivity index (χ1n) is 11.2. The van der Waals surface area contributed by atoms with Crippen molar-refractivity contribution in [3.63, 3.8) is 0 Å². The number of benzene rings is 1. The highest BCUT2D eigenvalue weighted by atomic mass is 32.2. The number of rotatable bonds is 8. The molecule has 1 fully saturated rings. The smallest absolute Gasteiger partial charge is 0.267 e. The van der Waals surface area contributed by atoms with Gasteiger partial charge in [-0.05, 0) is 34.9 Å². The van der Waals surface area contributed by atoms with Gasteiger partial charge in [0, 0.05) is 35.6 Å². The number of ether oxygens (including phenoxy) is 2. The Morgan fingerprint density at radius 1 is 1.29 bits per heavy atom. The molecule has 1 saturated heterocycles. The van der Waals surface area contributed by atoms with Crippen molar-refractivity contribution in [1.29, 1.82) is 5.26 Å². The highest BCUT2D eigenvalue weighted by molar-refractivity contribution is 8.23. The molecular formula is C26H23FN4O3S. The van der Waals surface area contributed by atoms with Gasteiger partial charge in [0.25, 0.3) is 5.56 Å². The Hall–Kier alpha value is -3.74. The van der Waals surface area contributed by atoms with Crippen molar-refractivity contribution in [2.75, 3.05) is 12.4 Å². The van der Waals surface area contributed by atoms with Gasteiger partial charge in [-0.3, -0.25) is 4.79 Å². The average Bonchev–Trinajstić information content (AvgIpc) is 3.28. The summed E-state index contributed by atoms with van der Waals surface area (Å²) in [4.78, 5) is 18.4. The Morgan fingerprint density at radius 3 is 2.91 bits per heavy atom. The van der Waals surface area contributed by atoms with Crippen LogP contribution in [0.5, 0.6) is 5.88 Å². The van der Waals surface area contributed by atoms with Crippen LogP contribution in [0.1, 0.15) is 17.5 Å². The minimum absolute atomic E-state index is 0.0358. The second-order valence-electron chi connectivity index (χ2n) is 8.24. The summed E-state index contributed by atoms with van der Waals surface area (Å²) in [7, 11) is -0.439. The van der Waals surface area contributed by atoms with E-state index in [1.54, 1.807) is 24.4 Å². The summed E-state index contributed by atoms with van der Waals surface area (Å²) in [5.41, 5.74) is 1.46. The number of allylic oxidation sites excluding steroid dienone is 3. The lowest BCUT2D eigenvalue weighted by Gasteiger charge is -2.31. The molecule has 178 valence electrons. The average molecular weight is 491 g/mol. The first kappa shape index (κ1) is 23.0. The molecule has 9 heteroatoms. The molecule has 0 radical (unpaired) electrons. The predicted octanol–water partition coefficient (Wildman–Crippen LogP) is 4.10. The lowest BCUT2D eigenvalue weighted by atomic mass is 10.1. The number of aromatic nitrogens is 3.